The van der Waals surface area contributed by atoms with Gasteiger partial charge in [-0.25, -0.2) is 9.18 Å². The number of urea groups is 1. The molecule has 0 saturated heterocycles. The van der Waals surface area contributed by atoms with Crippen LogP contribution in [-0.4, -0.2) is 15.8 Å². The molecule has 0 bridgehead atoms. The Morgan fingerprint density at radius 2 is 2.11 bits per heavy atom. The lowest BCUT2D eigenvalue weighted by Gasteiger charge is -2.07. The van der Waals surface area contributed by atoms with Crippen LogP contribution in [0, 0.1) is 5.82 Å². The smallest absolute Gasteiger partial charge is 0.319 e. The maximum absolute atomic E-state index is 12.7. The van der Waals surface area contributed by atoms with Gasteiger partial charge in [-0.05, 0) is 24.3 Å². The molecule has 1 heterocycles. The zero-order valence-corrected chi connectivity index (χ0v) is 10.4. The van der Waals surface area contributed by atoms with Gasteiger partial charge in [0.1, 0.15) is 11.6 Å². The van der Waals surface area contributed by atoms with Crippen LogP contribution in [0.15, 0.2) is 30.5 Å². The van der Waals surface area contributed by atoms with Gasteiger partial charge in [-0.3, -0.25) is 4.68 Å². The molecule has 0 fully saturated rings. The normalized spacial score (nSPS) is 10.2. The SMILES string of the molecule is Cn1ncc(CNC(=O)Nc2ccc(F)cc2)c1N. The van der Waals surface area contributed by atoms with Gasteiger partial charge in [0.05, 0.1) is 6.20 Å². The lowest BCUT2D eigenvalue weighted by Crippen LogP contribution is -2.28. The van der Waals surface area contributed by atoms with Gasteiger partial charge in [0, 0.05) is 24.8 Å². The van der Waals surface area contributed by atoms with Crippen molar-refractivity contribution in [3.63, 3.8) is 0 Å². The quantitative estimate of drug-likeness (QED) is 0.783. The number of halogens is 1. The second kappa shape index (κ2) is 5.38. The third kappa shape index (κ3) is 3.21. The minimum atomic E-state index is -0.394. The Kier molecular flexibility index (Phi) is 3.65. The van der Waals surface area contributed by atoms with Crippen molar-refractivity contribution in [1.29, 1.82) is 0 Å². The van der Waals surface area contributed by atoms with E-state index in [1.807, 2.05) is 0 Å². The number of benzene rings is 1. The highest BCUT2D eigenvalue weighted by molar-refractivity contribution is 5.89. The van der Waals surface area contributed by atoms with Crippen LogP contribution in [0.5, 0.6) is 0 Å². The lowest BCUT2D eigenvalue weighted by atomic mass is 10.3. The monoisotopic (exact) mass is 263 g/mol. The number of aromatic nitrogens is 2. The fraction of sp³-hybridized carbons (Fsp3) is 0.167. The molecule has 2 aromatic rings. The Morgan fingerprint density at radius 1 is 1.42 bits per heavy atom. The zero-order valence-electron chi connectivity index (χ0n) is 10.4. The third-order valence-electron chi connectivity index (χ3n) is 2.61. The van der Waals surface area contributed by atoms with Gasteiger partial charge in [-0.15, -0.1) is 0 Å². The van der Waals surface area contributed by atoms with Gasteiger partial charge in [-0.1, -0.05) is 0 Å². The summed E-state index contributed by atoms with van der Waals surface area (Å²) in [6.45, 7) is 0.271. The van der Waals surface area contributed by atoms with Crippen molar-refractivity contribution in [1.82, 2.24) is 15.1 Å². The summed E-state index contributed by atoms with van der Waals surface area (Å²) in [5.41, 5.74) is 6.99. The molecule has 0 aliphatic heterocycles. The second-order valence-electron chi connectivity index (χ2n) is 3.99. The fourth-order valence-corrected chi connectivity index (χ4v) is 1.51. The molecule has 0 radical (unpaired) electrons. The van der Waals surface area contributed by atoms with Gasteiger partial charge < -0.3 is 16.4 Å². The summed E-state index contributed by atoms with van der Waals surface area (Å²) in [6.07, 6.45) is 1.59. The standard InChI is InChI=1S/C12H14FN5O/c1-18-11(14)8(7-16-18)6-15-12(19)17-10-4-2-9(13)3-5-10/h2-5,7H,6,14H2,1H3,(H2,15,17,19). The first kappa shape index (κ1) is 12.9. The highest BCUT2D eigenvalue weighted by atomic mass is 19.1. The first-order valence-corrected chi connectivity index (χ1v) is 5.63. The summed E-state index contributed by atoms with van der Waals surface area (Å²) in [6, 6.07) is 5.11. The molecule has 19 heavy (non-hydrogen) atoms. The maximum Gasteiger partial charge on any atom is 0.319 e. The number of amides is 2. The lowest BCUT2D eigenvalue weighted by molar-refractivity contribution is 0.252. The van der Waals surface area contributed by atoms with Crippen molar-refractivity contribution in [3.8, 4) is 0 Å². The van der Waals surface area contributed by atoms with Crippen LogP contribution in [0.4, 0.5) is 20.7 Å². The minimum Gasteiger partial charge on any atom is -0.384 e. The number of hydrogen-bond donors (Lipinski definition) is 3. The summed E-state index contributed by atoms with van der Waals surface area (Å²) in [5.74, 6) is 0.149. The van der Waals surface area contributed by atoms with Gasteiger partial charge in [0.15, 0.2) is 0 Å². The molecule has 0 aliphatic carbocycles. The molecule has 0 unspecified atom stereocenters. The van der Waals surface area contributed by atoms with E-state index in [2.05, 4.69) is 15.7 Å². The van der Waals surface area contributed by atoms with E-state index >= 15 is 0 Å². The zero-order chi connectivity index (χ0) is 13.8. The van der Waals surface area contributed by atoms with E-state index in [1.165, 1.54) is 28.9 Å². The Hall–Kier alpha value is -2.57. The summed E-state index contributed by atoms with van der Waals surface area (Å²) in [4.78, 5) is 11.6. The predicted octanol–water partition coefficient (Wildman–Crippen LogP) is 1.46. The number of rotatable bonds is 3. The molecule has 0 aliphatic rings. The van der Waals surface area contributed by atoms with Crippen molar-refractivity contribution in [2.75, 3.05) is 11.1 Å². The number of carbonyl (C=O) groups is 1. The Balaban J connectivity index is 1.88. The first-order chi connectivity index (χ1) is 9.06. The number of aryl methyl sites for hydroxylation is 1. The molecular formula is C12H14FN5O. The van der Waals surface area contributed by atoms with E-state index in [4.69, 9.17) is 5.73 Å². The number of hydrogen-bond acceptors (Lipinski definition) is 3. The fourth-order valence-electron chi connectivity index (χ4n) is 1.51. The van der Waals surface area contributed by atoms with E-state index in [-0.39, 0.29) is 12.4 Å². The highest BCUT2D eigenvalue weighted by Gasteiger charge is 2.06. The summed E-state index contributed by atoms with van der Waals surface area (Å²) in [7, 11) is 1.72. The van der Waals surface area contributed by atoms with Gasteiger partial charge >= 0.3 is 6.03 Å². The molecule has 4 N–H and O–H groups in total. The topological polar surface area (TPSA) is 85.0 Å². The number of carbonyl (C=O) groups excluding carboxylic acids is 1. The Morgan fingerprint density at radius 3 is 2.68 bits per heavy atom. The molecule has 2 amide bonds. The van der Waals surface area contributed by atoms with Crippen LogP contribution in [0.1, 0.15) is 5.56 Å². The van der Waals surface area contributed by atoms with Gasteiger partial charge in [0.25, 0.3) is 0 Å². The van der Waals surface area contributed by atoms with E-state index in [0.717, 1.165) is 5.56 Å². The van der Waals surface area contributed by atoms with Crippen molar-refractivity contribution in [2.45, 2.75) is 6.54 Å². The van der Waals surface area contributed by atoms with Crippen LogP contribution in [0.2, 0.25) is 0 Å². The van der Waals surface area contributed by atoms with Crippen molar-refractivity contribution in [2.24, 2.45) is 7.05 Å². The van der Waals surface area contributed by atoms with Gasteiger partial charge in [0.2, 0.25) is 0 Å². The van der Waals surface area contributed by atoms with Crippen molar-refractivity contribution >= 4 is 17.5 Å². The molecule has 0 saturated carbocycles. The number of anilines is 2. The molecule has 0 spiro atoms. The average molecular weight is 263 g/mol. The molecule has 6 nitrogen and oxygen atoms in total. The van der Waals surface area contributed by atoms with E-state index in [1.54, 1.807) is 13.2 Å². The second-order valence-corrected chi connectivity index (χ2v) is 3.99. The van der Waals surface area contributed by atoms with Crippen LogP contribution in [-0.2, 0) is 13.6 Å². The number of nitrogens with zero attached hydrogens (tertiary/aromatic N) is 2. The number of nitrogens with one attached hydrogen (secondary N) is 2. The van der Waals surface area contributed by atoms with Crippen LogP contribution < -0.4 is 16.4 Å². The van der Waals surface area contributed by atoms with Crippen molar-refractivity contribution in [3.05, 3.63) is 41.8 Å². The van der Waals surface area contributed by atoms with Crippen molar-refractivity contribution < 1.29 is 9.18 Å². The van der Waals surface area contributed by atoms with Crippen LogP contribution >= 0.6 is 0 Å². The molecular weight excluding hydrogens is 249 g/mol. The molecule has 1 aromatic heterocycles. The van der Waals surface area contributed by atoms with Crippen LogP contribution in [0.25, 0.3) is 0 Å². The summed E-state index contributed by atoms with van der Waals surface area (Å²) < 4.78 is 14.2. The summed E-state index contributed by atoms with van der Waals surface area (Å²) >= 11 is 0. The molecule has 7 heteroatoms. The highest BCUT2D eigenvalue weighted by Crippen LogP contribution is 2.10. The average Bonchev–Trinajstić information content (AvgIpc) is 2.70. The molecule has 100 valence electrons. The minimum absolute atomic E-state index is 0.271. The van der Waals surface area contributed by atoms with Crippen LogP contribution in [0.3, 0.4) is 0 Å². The third-order valence-corrected chi connectivity index (χ3v) is 2.61. The van der Waals surface area contributed by atoms with E-state index < -0.39 is 6.03 Å². The first-order valence-electron chi connectivity index (χ1n) is 5.63. The summed E-state index contributed by atoms with van der Waals surface area (Å²) in [5, 5.41) is 9.19. The van der Waals surface area contributed by atoms with E-state index in [0.29, 0.717) is 11.5 Å². The van der Waals surface area contributed by atoms with E-state index in [9.17, 15) is 9.18 Å². The Bertz CT molecular complexity index is 578. The molecule has 0 atom stereocenters. The number of nitrogen functional groups attached to an aromatic ring is 1. The predicted molar refractivity (Wildman–Crippen MR) is 69.9 cm³/mol. The Labute approximate surface area is 109 Å². The maximum atomic E-state index is 12.7. The largest absolute Gasteiger partial charge is 0.384 e. The molecule has 1 aromatic carbocycles. The number of nitrogens with two attached hydrogens (primary N) is 1. The molecule has 2 rings (SSSR count). The van der Waals surface area contributed by atoms with Gasteiger partial charge in [-0.2, -0.15) is 5.10 Å².